The molecule has 3 aromatic heterocycles. The van der Waals surface area contributed by atoms with Crippen LogP contribution in [0.3, 0.4) is 0 Å². The van der Waals surface area contributed by atoms with Crippen molar-refractivity contribution in [2.24, 2.45) is 0 Å². The molecule has 1 N–H and O–H groups in total. The third-order valence-corrected chi connectivity index (χ3v) is 5.55. The lowest BCUT2D eigenvalue weighted by Crippen LogP contribution is -2.13. The van der Waals surface area contributed by atoms with E-state index in [1.165, 1.54) is 23.5 Å². The highest BCUT2D eigenvalue weighted by molar-refractivity contribution is 7.15. The maximum Gasteiger partial charge on any atom is 0.294 e. The van der Waals surface area contributed by atoms with E-state index < -0.39 is 10.8 Å². The molecule has 0 bridgehead atoms. The molecule has 0 atom stereocenters. The lowest BCUT2D eigenvalue weighted by atomic mass is 10.1. The summed E-state index contributed by atoms with van der Waals surface area (Å²) in [4.78, 5) is 28.0. The number of aryl methyl sites for hydroxylation is 1. The second-order valence-corrected chi connectivity index (χ2v) is 7.40. The quantitative estimate of drug-likeness (QED) is 0.334. The second kappa shape index (κ2) is 6.78. The molecule has 5 rings (SSSR count). The Bertz CT molecular complexity index is 1430. The standard InChI is InChI=1S/C20H13N5O4S/c1-11-14-4-2-3-5-16(14)29-17(11)18(26)21-19-22-20-24(23-19)15(10-30-20)12-6-8-13(9-7-12)25(27)28/h2-10H,1H3,(H,21,23,26). The number of anilines is 1. The Labute approximate surface area is 172 Å². The fraction of sp³-hybridized carbons (Fsp3) is 0.0500. The lowest BCUT2D eigenvalue weighted by Gasteiger charge is -2.00. The smallest absolute Gasteiger partial charge is 0.294 e. The average molecular weight is 419 g/mol. The summed E-state index contributed by atoms with van der Waals surface area (Å²) in [7, 11) is 0. The van der Waals surface area contributed by atoms with Gasteiger partial charge in [0.1, 0.15) is 5.58 Å². The summed E-state index contributed by atoms with van der Waals surface area (Å²) in [6.45, 7) is 1.83. The Hall–Kier alpha value is -4.05. The minimum absolute atomic E-state index is 0.0120. The maximum atomic E-state index is 12.7. The number of carbonyl (C=O) groups excluding carboxylic acids is 1. The number of nitro benzene ring substituents is 1. The molecule has 2 aromatic carbocycles. The normalized spacial score (nSPS) is 11.2. The van der Waals surface area contributed by atoms with Crippen molar-refractivity contribution in [2.75, 3.05) is 5.32 Å². The average Bonchev–Trinajstić information content (AvgIpc) is 3.41. The van der Waals surface area contributed by atoms with Gasteiger partial charge in [-0.25, -0.2) is 4.52 Å². The summed E-state index contributed by atoms with van der Waals surface area (Å²) >= 11 is 1.35. The summed E-state index contributed by atoms with van der Waals surface area (Å²) in [5.41, 5.74) is 2.87. The van der Waals surface area contributed by atoms with Crippen molar-refractivity contribution in [3.63, 3.8) is 0 Å². The number of nitrogens with zero attached hydrogens (tertiary/aromatic N) is 4. The molecule has 0 radical (unpaired) electrons. The fourth-order valence-electron chi connectivity index (χ4n) is 3.24. The zero-order valence-corrected chi connectivity index (χ0v) is 16.3. The Morgan fingerprint density at radius 1 is 1.20 bits per heavy atom. The molecule has 0 aliphatic rings. The second-order valence-electron chi connectivity index (χ2n) is 6.56. The Morgan fingerprint density at radius 3 is 2.70 bits per heavy atom. The van der Waals surface area contributed by atoms with Gasteiger partial charge < -0.3 is 4.42 Å². The van der Waals surface area contributed by atoms with Gasteiger partial charge in [-0.05, 0) is 25.1 Å². The van der Waals surface area contributed by atoms with E-state index in [0.29, 0.717) is 10.5 Å². The van der Waals surface area contributed by atoms with Crippen molar-refractivity contribution in [3.05, 3.63) is 75.3 Å². The number of para-hydroxylation sites is 1. The highest BCUT2D eigenvalue weighted by Gasteiger charge is 2.20. The van der Waals surface area contributed by atoms with Gasteiger partial charge in [-0.3, -0.25) is 20.2 Å². The minimum Gasteiger partial charge on any atom is -0.451 e. The Kier molecular flexibility index (Phi) is 4.07. The Morgan fingerprint density at radius 2 is 1.97 bits per heavy atom. The molecule has 10 heteroatoms. The first kappa shape index (κ1) is 18.0. The van der Waals surface area contributed by atoms with Gasteiger partial charge in [0.05, 0.1) is 10.6 Å². The molecule has 0 aliphatic heterocycles. The van der Waals surface area contributed by atoms with Crippen LogP contribution in [-0.4, -0.2) is 25.4 Å². The number of amides is 1. The number of benzene rings is 2. The van der Waals surface area contributed by atoms with Crippen molar-refractivity contribution in [1.82, 2.24) is 14.6 Å². The van der Waals surface area contributed by atoms with E-state index >= 15 is 0 Å². The number of furan rings is 1. The number of hydrogen-bond donors (Lipinski definition) is 1. The van der Waals surface area contributed by atoms with Crippen LogP contribution in [0.4, 0.5) is 11.6 Å². The third kappa shape index (κ3) is 2.90. The van der Waals surface area contributed by atoms with E-state index in [0.717, 1.165) is 22.2 Å². The number of rotatable bonds is 4. The number of non-ortho nitro benzene ring substituents is 1. The number of nitro groups is 1. The predicted octanol–water partition coefficient (Wildman–Crippen LogP) is 4.67. The summed E-state index contributed by atoms with van der Waals surface area (Å²) in [6.07, 6.45) is 0. The molecular formula is C20H13N5O4S. The number of fused-ring (bicyclic) bond motifs is 2. The van der Waals surface area contributed by atoms with E-state index in [4.69, 9.17) is 4.42 Å². The van der Waals surface area contributed by atoms with Crippen molar-refractivity contribution in [1.29, 1.82) is 0 Å². The number of thiazole rings is 1. The number of hydrogen-bond acceptors (Lipinski definition) is 7. The van der Waals surface area contributed by atoms with Crippen LogP contribution < -0.4 is 5.32 Å². The molecule has 0 saturated carbocycles. The molecule has 0 saturated heterocycles. The Balaban J connectivity index is 1.45. The van der Waals surface area contributed by atoms with Gasteiger partial charge in [-0.1, -0.05) is 18.2 Å². The van der Waals surface area contributed by atoms with Crippen LogP contribution in [0.2, 0.25) is 0 Å². The zero-order valence-electron chi connectivity index (χ0n) is 15.5. The van der Waals surface area contributed by atoms with Crippen LogP contribution in [0.15, 0.2) is 58.3 Å². The molecule has 1 amide bonds. The van der Waals surface area contributed by atoms with Crippen LogP contribution in [0.1, 0.15) is 16.1 Å². The van der Waals surface area contributed by atoms with Crippen molar-refractivity contribution in [2.45, 2.75) is 6.92 Å². The summed E-state index contributed by atoms with van der Waals surface area (Å²) in [6, 6.07) is 13.6. The van der Waals surface area contributed by atoms with Crippen molar-refractivity contribution in [3.8, 4) is 11.3 Å². The van der Waals surface area contributed by atoms with E-state index in [1.807, 2.05) is 30.5 Å². The van der Waals surface area contributed by atoms with Crippen LogP contribution >= 0.6 is 11.3 Å². The van der Waals surface area contributed by atoms with E-state index in [1.54, 1.807) is 22.7 Å². The summed E-state index contributed by atoms with van der Waals surface area (Å²) in [5.74, 6) is -0.0707. The van der Waals surface area contributed by atoms with E-state index in [9.17, 15) is 14.9 Å². The van der Waals surface area contributed by atoms with Gasteiger partial charge in [-0.2, -0.15) is 4.98 Å². The van der Waals surface area contributed by atoms with Crippen LogP contribution in [0.5, 0.6) is 0 Å². The number of nitrogens with one attached hydrogen (secondary N) is 1. The lowest BCUT2D eigenvalue weighted by molar-refractivity contribution is -0.384. The first-order valence-electron chi connectivity index (χ1n) is 8.90. The molecule has 0 spiro atoms. The molecule has 5 aromatic rings. The van der Waals surface area contributed by atoms with Gasteiger partial charge in [-0.15, -0.1) is 16.4 Å². The minimum atomic E-state index is -0.448. The van der Waals surface area contributed by atoms with E-state index in [-0.39, 0.29) is 17.4 Å². The number of carbonyl (C=O) groups is 1. The first-order chi connectivity index (χ1) is 14.5. The maximum absolute atomic E-state index is 12.7. The van der Waals surface area contributed by atoms with Crippen LogP contribution in [0.25, 0.3) is 27.2 Å². The molecule has 148 valence electrons. The van der Waals surface area contributed by atoms with Crippen molar-refractivity contribution < 1.29 is 14.1 Å². The molecular weight excluding hydrogens is 406 g/mol. The first-order valence-corrected chi connectivity index (χ1v) is 9.78. The predicted molar refractivity (Wildman–Crippen MR) is 112 cm³/mol. The molecule has 9 nitrogen and oxygen atoms in total. The highest BCUT2D eigenvalue weighted by atomic mass is 32.1. The largest absolute Gasteiger partial charge is 0.451 e. The van der Waals surface area contributed by atoms with Crippen molar-refractivity contribution >= 4 is 44.8 Å². The van der Waals surface area contributed by atoms with E-state index in [2.05, 4.69) is 15.4 Å². The number of aromatic nitrogens is 3. The van der Waals surface area contributed by atoms with Gasteiger partial charge in [0, 0.05) is 34.0 Å². The topological polar surface area (TPSA) is 116 Å². The van der Waals surface area contributed by atoms with Gasteiger partial charge >= 0.3 is 0 Å². The van der Waals surface area contributed by atoms with Gasteiger partial charge in [0.25, 0.3) is 17.5 Å². The molecule has 30 heavy (non-hydrogen) atoms. The monoisotopic (exact) mass is 419 g/mol. The molecule has 3 heterocycles. The van der Waals surface area contributed by atoms with Crippen LogP contribution in [0, 0.1) is 17.0 Å². The summed E-state index contributed by atoms with van der Waals surface area (Å²) in [5, 5.41) is 20.6. The van der Waals surface area contributed by atoms with Gasteiger partial charge in [0.15, 0.2) is 5.76 Å². The molecule has 0 unspecified atom stereocenters. The summed E-state index contributed by atoms with van der Waals surface area (Å²) < 4.78 is 7.28. The zero-order chi connectivity index (χ0) is 20.8. The highest BCUT2D eigenvalue weighted by Crippen LogP contribution is 2.28. The third-order valence-electron chi connectivity index (χ3n) is 4.73. The SMILES string of the molecule is Cc1c(C(=O)Nc2nc3scc(-c4ccc([N+](=O)[O-])cc4)n3n2)oc2ccccc12. The fourth-order valence-corrected chi connectivity index (χ4v) is 4.07. The van der Waals surface area contributed by atoms with Gasteiger partial charge in [0.2, 0.25) is 4.96 Å². The molecule has 0 fully saturated rings. The van der Waals surface area contributed by atoms with Crippen LogP contribution in [-0.2, 0) is 0 Å². The molecule has 0 aliphatic carbocycles.